The van der Waals surface area contributed by atoms with E-state index in [4.69, 9.17) is 9.47 Å². The van der Waals surface area contributed by atoms with E-state index in [9.17, 15) is 9.59 Å². The van der Waals surface area contributed by atoms with E-state index in [1.165, 1.54) is 6.92 Å². The minimum atomic E-state index is -0.449. The fourth-order valence-corrected chi connectivity index (χ4v) is 3.04. The van der Waals surface area contributed by atoms with Gasteiger partial charge in [0.15, 0.2) is 0 Å². The highest BCUT2D eigenvalue weighted by atomic mass is 16.6. The number of allylic oxidation sites excluding steroid dienone is 3. The van der Waals surface area contributed by atoms with Crippen molar-refractivity contribution < 1.29 is 19.1 Å². The van der Waals surface area contributed by atoms with Crippen LogP contribution in [-0.4, -0.2) is 18.5 Å². The predicted octanol–water partition coefficient (Wildman–Crippen LogP) is 2.74. The van der Waals surface area contributed by atoms with Gasteiger partial charge in [0.05, 0.1) is 6.61 Å². The highest BCUT2D eigenvalue weighted by Crippen LogP contribution is 2.47. The highest BCUT2D eigenvalue weighted by Gasteiger charge is 2.44. The molecule has 0 heterocycles. The first-order chi connectivity index (χ1) is 9.06. The first kappa shape index (κ1) is 13.8. The lowest BCUT2D eigenvalue weighted by atomic mass is 9.82. The number of ether oxygens (including phenoxy) is 2. The van der Waals surface area contributed by atoms with E-state index in [2.05, 4.69) is 6.08 Å². The molecule has 0 fully saturated rings. The third kappa shape index (κ3) is 2.57. The summed E-state index contributed by atoms with van der Waals surface area (Å²) in [5.74, 6) is -0.516. The summed E-state index contributed by atoms with van der Waals surface area (Å²) in [7, 11) is 0. The van der Waals surface area contributed by atoms with Gasteiger partial charge in [0.1, 0.15) is 11.7 Å². The number of rotatable bonds is 3. The number of fused-ring (bicyclic) bond motifs is 1. The summed E-state index contributed by atoms with van der Waals surface area (Å²) in [6, 6.07) is 0. The summed E-state index contributed by atoms with van der Waals surface area (Å²) >= 11 is 0. The van der Waals surface area contributed by atoms with Crippen molar-refractivity contribution in [2.24, 2.45) is 11.8 Å². The largest absolute Gasteiger partial charge is 0.465 e. The van der Waals surface area contributed by atoms with Crippen LogP contribution in [0.25, 0.3) is 0 Å². The van der Waals surface area contributed by atoms with Crippen molar-refractivity contribution in [3.05, 3.63) is 23.0 Å². The van der Waals surface area contributed by atoms with Gasteiger partial charge < -0.3 is 9.47 Å². The Balaban J connectivity index is 2.36. The van der Waals surface area contributed by atoms with Gasteiger partial charge in [-0.3, -0.25) is 9.59 Å². The fourth-order valence-electron chi connectivity index (χ4n) is 3.04. The lowest BCUT2D eigenvalue weighted by Gasteiger charge is -2.23. The zero-order chi connectivity index (χ0) is 14.0. The van der Waals surface area contributed by atoms with Gasteiger partial charge in [0.25, 0.3) is 0 Å². The standard InChI is InChI=1S/C15H20O4/c1-4-18-15(17)13-12-8-6-5-7-11(12)9(2)14(13)19-10(3)16/h7,12-13H,4-6,8H2,1-3H3/t12-,13-/m1/s1. The number of hydrogen-bond acceptors (Lipinski definition) is 4. The van der Waals surface area contributed by atoms with E-state index in [1.807, 2.05) is 6.92 Å². The summed E-state index contributed by atoms with van der Waals surface area (Å²) in [5.41, 5.74) is 2.08. The number of carbonyl (C=O) groups is 2. The Morgan fingerprint density at radius 2 is 2.16 bits per heavy atom. The van der Waals surface area contributed by atoms with Crippen molar-refractivity contribution in [2.45, 2.75) is 40.0 Å². The van der Waals surface area contributed by atoms with Gasteiger partial charge in [-0.2, -0.15) is 0 Å². The highest BCUT2D eigenvalue weighted by molar-refractivity contribution is 5.80. The molecule has 0 saturated heterocycles. The van der Waals surface area contributed by atoms with Gasteiger partial charge in [0.2, 0.25) is 0 Å². The lowest BCUT2D eigenvalue weighted by Crippen LogP contribution is -2.27. The van der Waals surface area contributed by atoms with Crippen molar-refractivity contribution in [3.8, 4) is 0 Å². The van der Waals surface area contributed by atoms with Crippen LogP contribution in [0, 0.1) is 11.8 Å². The van der Waals surface area contributed by atoms with E-state index in [1.54, 1.807) is 6.92 Å². The molecule has 0 aromatic rings. The van der Waals surface area contributed by atoms with Gasteiger partial charge in [-0.15, -0.1) is 0 Å². The van der Waals surface area contributed by atoms with Crippen LogP contribution in [0.4, 0.5) is 0 Å². The fraction of sp³-hybridized carbons (Fsp3) is 0.600. The minimum absolute atomic E-state index is 0.113. The smallest absolute Gasteiger partial charge is 0.317 e. The Hall–Kier alpha value is -1.58. The molecule has 0 spiro atoms. The summed E-state index contributed by atoms with van der Waals surface area (Å²) in [4.78, 5) is 23.4. The number of esters is 2. The first-order valence-electron chi connectivity index (χ1n) is 6.82. The molecule has 2 atom stereocenters. The molecule has 2 aliphatic rings. The summed E-state index contributed by atoms with van der Waals surface area (Å²) in [6.45, 7) is 5.40. The Kier molecular flexibility index (Phi) is 4.08. The van der Waals surface area contributed by atoms with Crippen LogP contribution in [0.2, 0.25) is 0 Å². The molecule has 4 heteroatoms. The van der Waals surface area contributed by atoms with Crippen LogP contribution in [0.3, 0.4) is 0 Å². The van der Waals surface area contributed by atoms with E-state index in [-0.39, 0.29) is 17.9 Å². The maximum atomic E-state index is 12.2. The molecule has 0 N–H and O–H groups in total. The molecule has 104 valence electrons. The SMILES string of the molecule is CCOC(=O)[C@H]1C(OC(C)=O)=C(C)C2=CCCC[C@H]21. The summed E-state index contributed by atoms with van der Waals surface area (Å²) in [6.07, 6.45) is 5.18. The van der Waals surface area contributed by atoms with Gasteiger partial charge >= 0.3 is 11.9 Å². The zero-order valence-corrected chi connectivity index (χ0v) is 11.7. The molecule has 0 unspecified atom stereocenters. The van der Waals surface area contributed by atoms with E-state index in [0.717, 1.165) is 30.4 Å². The van der Waals surface area contributed by atoms with E-state index < -0.39 is 5.92 Å². The molecule has 0 saturated carbocycles. The van der Waals surface area contributed by atoms with Gasteiger partial charge in [0, 0.05) is 12.8 Å². The Morgan fingerprint density at radius 1 is 1.42 bits per heavy atom. The van der Waals surface area contributed by atoms with E-state index in [0.29, 0.717) is 12.4 Å². The van der Waals surface area contributed by atoms with Crippen LogP contribution < -0.4 is 0 Å². The third-order valence-electron chi connectivity index (χ3n) is 3.76. The normalized spacial score (nSPS) is 25.7. The molecular formula is C15H20O4. The van der Waals surface area contributed by atoms with Crippen LogP contribution >= 0.6 is 0 Å². The van der Waals surface area contributed by atoms with E-state index >= 15 is 0 Å². The van der Waals surface area contributed by atoms with Crippen molar-refractivity contribution in [2.75, 3.05) is 6.61 Å². The zero-order valence-electron chi connectivity index (χ0n) is 11.7. The van der Waals surface area contributed by atoms with Gasteiger partial charge in [-0.1, -0.05) is 6.08 Å². The second-order valence-corrected chi connectivity index (χ2v) is 5.01. The molecule has 0 aromatic heterocycles. The van der Waals surface area contributed by atoms with Gasteiger partial charge in [-0.05, 0) is 44.3 Å². The van der Waals surface area contributed by atoms with Crippen LogP contribution in [0.5, 0.6) is 0 Å². The molecule has 0 amide bonds. The maximum absolute atomic E-state index is 12.2. The minimum Gasteiger partial charge on any atom is -0.465 e. The van der Waals surface area contributed by atoms with Crippen molar-refractivity contribution in [1.29, 1.82) is 0 Å². The Labute approximate surface area is 113 Å². The lowest BCUT2D eigenvalue weighted by molar-refractivity contribution is -0.150. The Morgan fingerprint density at radius 3 is 2.79 bits per heavy atom. The average Bonchev–Trinajstić information content (AvgIpc) is 2.63. The summed E-state index contributed by atoms with van der Waals surface area (Å²) < 4.78 is 10.4. The molecule has 0 bridgehead atoms. The molecule has 0 radical (unpaired) electrons. The van der Waals surface area contributed by atoms with Crippen molar-refractivity contribution in [3.63, 3.8) is 0 Å². The maximum Gasteiger partial charge on any atom is 0.317 e. The molecule has 2 aliphatic carbocycles. The van der Waals surface area contributed by atoms with Crippen LogP contribution in [0.15, 0.2) is 23.0 Å². The molecule has 19 heavy (non-hydrogen) atoms. The van der Waals surface area contributed by atoms with Gasteiger partial charge in [-0.25, -0.2) is 0 Å². The molecule has 2 rings (SSSR count). The van der Waals surface area contributed by atoms with Crippen LogP contribution in [0.1, 0.15) is 40.0 Å². The predicted molar refractivity (Wildman–Crippen MR) is 70.0 cm³/mol. The average molecular weight is 264 g/mol. The molecule has 0 aliphatic heterocycles. The quantitative estimate of drug-likeness (QED) is 0.735. The van der Waals surface area contributed by atoms with Crippen molar-refractivity contribution >= 4 is 11.9 Å². The third-order valence-corrected chi connectivity index (χ3v) is 3.76. The molecule has 4 nitrogen and oxygen atoms in total. The number of carbonyl (C=O) groups excluding carboxylic acids is 2. The Bertz CT molecular complexity index is 459. The molecular weight excluding hydrogens is 244 g/mol. The van der Waals surface area contributed by atoms with Crippen molar-refractivity contribution in [1.82, 2.24) is 0 Å². The second kappa shape index (κ2) is 5.59. The monoisotopic (exact) mass is 264 g/mol. The first-order valence-corrected chi connectivity index (χ1v) is 6.82. The summed E-state index contributed by atoms with van der Waals surface area (Å²) in [5, 5.41) is 0. The molecule has 0 aromatic carbocycles. The second-order valence-electron chi connectivity index (χ2n) is 5.01. The van der Waals surface area contributed by atoms with Crippen LogP contribution in [-0.2, 0) is 19.1 Å². The number of hydrogen-bond donors (Lipinski definition) is 0. The topological polar surface area (TPSA) is 52.6 Å².